The predicted molar refractivity (Wildman–Crippen MR) is 63.3 cm³/mol. The van der Waals surface area contributed by atoms with Crippen LogP contribution in [0.2, 0.25) is 0 Å². The van der Waals surface area contributed by atoms with Gasteiger partial charge in [0.25, 0.3) is 0 Å². The Balaban J connectivity index is 2.35. The Labute approximate surface area is 106 Å². The second-order valence-electron chi connectivity index (χ2n) is 3.45. The summed E-state index contributed by atoms with van der Waals surface area (Å²) in [6, 6.07) is 3.62. The molecule has 1 aromatic heterocycles. The molecule has 2 rings (SSSR count). The van der Waals surface area contributed by atoms with Crippen molar-refractivity contribution in [3.63, 3.8) is 0 Å². The second kappa shape index (κ2) is 4.40. The number of halogens is 2. The minimum Gasteiger partial charge on any atom is -0.294 e. The molecule has 1 fully saturated rings. The van der Waals surface area contributed by atoms with Crippen molar-refractivity contribution in [1.82, 2.24) is 4.98 Å². The molecule has 0 aliphatic carbocycles. The van der Waals surface area contributed by atoms with Gasteiger partial charge in [-0.15, -0.1) is 11.6 Å². The number of carbonyl (C=O) groups is 1. The first-order chi connectivity index (χ1) is 7.61. The molecular formula is C10H7BrClN3O. The third-order valence-electron chi connectivity index (χ3n) is 2.28. The van der Waals surface area contributed by atoms with E-state index < -0.39 is 0 Å². The maximum Gasteiger partial charge on any atom is 0.229 e. The normalized spacial score (nSPS) is 19.9. The van der Waals surface area contributed by atoms with Crippen molar-refractivity contribution >= 4 is 39.3 Å². The maximum atomic E-state index is 11.6. The highest BCUT2D eigenvalue weighted by molar-refractivity contribution is 9.10. The second-order valence-corrected chi connectivity index (χ2v) is 4.92. The van der Waals surface area contributed by atoms with Gasteiger partial charge in [-0.1, -0.05) is 0 Å². The van der Waals surface area contributed by atoms with Crippen LogP contribution in [-0.4, -0.2) is 22.8 Å². The summed E-state index contributed by atoms with van der Waals surface area (Å²) in [7, 11) is 0. The van der Waals surface area contributed by atoms with Gasteiger partial charge >= 0.3 is 0 Å². The molecule has 0 aromatic carbocycles. The molecule has 1 aliphatic rings. The number of amides is 1. The molecule has 1 aromatic rings. The summed E-state index contributed by atoms with van der Waals surface area (Å²) in [5.74, 6) is 0.477. The molecule has 1 aliphatic heterocycles. The Morgan fingerprint density at radius 3 is 2.94 bits per heavy atom. The quantitative estimate of drug-likeness (QED) is 0.746. The largest absolute Gasteiger partial charge is 0.294 e. The van der Waals surface area contributed by atoms with Crippen LogP contribution < -0.4 is 4.90 Å². The van der Waals surface area contributed by atoms with Gasteiger partial charge in [-0.2, -0.15) is 5.26 Å². The third kappa shape index (κ3) is 2.04. The number of pyridine rings is 1. The van der Waals surface area contributed by atoms with E-state index in [1.54, 1.807) is 6.07 Å². The molecule has 0 N–H and O–H groups in total. The van der Waals surface area contributed by atoms with Crippen LogP contribution in [0, 0.1) is 11.3 Å². The summed E-state index contributed by atoms with van der Waals surface area (Å²) >= 11 is 9.20. The van der Waals surface area contributed by atoms with Gasteiger partial charge in [0.1, 0.15) is 11.9 Å². The van der Waals surface area contributed by atoms with Gasteiger partial charge in [0, 0.05) is 19.2 Å². The number of alkyl halides is 1. The van der Waals surface area contributed by atoms with E-state index in [0.29, 0.717) is 28.8 Å². The van der Waals surface area contributed by atoms with E-state index in [2.05, 4.69) is 20.9 Å². The Hall–Kier alpha value is -1.12. The Bertz CT molecular complexity index is 485. The number of aromatic nitrogens is 1. The number of nitrogens with zero attached hydrogens (tertiary/aromatic N) is 3. The topological polar surface area (TPSA) is 57.0 Å². The number of anilines is 1. The van der Waals surface area contributed by atoms with E-state index >= 15 is 0 Å². The Morgan fingerprint density at radius 2 is 2.44 bits per heavy atom. The van der Waals surface area contributed by atoms with Crippen LogP contribution in [-0.2, 0) is 4.79 Å². The van der Waals surface area contributed by atoms with Crippen LogP contribution in [0.3, 0.4) is 0 Å². The molecule has 0 spiro atoms. The fraction of sp³-hybridized carbons (Fsp3) is 0.300. The van der Waals surface area contributed by atoms with Crippen LogP contribution in [0.1, 0.15) is 12.0 Å². The molecule has 82 valence electrons. The van der Waals surface area contributed by atoms with E-state index in [4.69, 9.17) is 16.9 Å². The van der Waals surface area contributed by atoms with Crippen molar-refractivity contribution in [3.05, 3.63) is 22.3 Å². The van der Waals surface area contributed by atoms with Crippen LogP contribution in [0.5, 0.6) is 0 Å². The summed E-state index contributed by atoms with van der Waals surface area (Å²) < 4.78 is 0.630. The molecule has 1 saturated heterocycles. The van der Waals surface area contributed by atoms with E-state index in [1.807, 2.05) is 6.07 Å². The monoisotopic (exact) mass is 299 g/mol. The molecule has 4 nitrogen and oxygen atoms in total. The Morgan fingerprint density at radius 1 is 1.69 bits per heavy atom. The summed E-state index contributed by atoms with van der Waals surface area (Å²) in [5, 5.41) is 8.53. The molecule has 1 atom stereocenters. The average Bonchev–Trinajstić information content (AvgIpc) is 2.57. The summed E-state index contributed by atoms with van der Waals surface area (Å²) in [6.07, 6.45) is 1.77. The minimum absolute atomic E-state index is 0.0436. The van der Waals surface area contributed by atoms with Gasteiger partial charge < -0.3 is 0 Å². The lowest BCUT2D eigenvalue weighted by Crippen LogP contribution is -2.26. The van der Waals surface area contributed by atoms with Crippen LogP contribution in [0.15, 0.2) is 16.7 Å². The van der Waals surface area contributed by atoms with Crippen molar-refractivity contribution in [3.8, 4) is 6.07 Å². The van der Waals surface area contributed by atoms with Crippen molar-refractivity contribution in [2.45, 2.75) is 11.8 Å². The summed E-state index contributed by atoms with van der Waals surface area (Å²) in [5.41, 5.74) is 0.449. The number of rotatable bonds is 1. The predicted octanol–water partition coefficient (Wildman–Crippen LogP) is 2.06. The first-order valence-corrected chi connectivity index (χ1v) is 5.85. The maximum absolute atomic E-state index is 11.6. The molecule has 1 unspecified atom stereocenters. The fourth-order valence-corrected chi connectivity index (χ4v) is 2.39. The zero-order chi connectivity index (χ0) is 11.7. The van der Waals surface area contributed by atoms with Crippen molar-refractivity contribution < 1.29 is 4.79 Å². The van der Waals surface area contributed by atoms with Gasteiger partial charge in [-0.05, 0) is 22.0 Å². The van der Waals surface area contributed by atoms with Crippen molar-refractivity contribution in [2.75, 3.05) is 11.4 Å². The SMILES string of the molecule is N#Cc1cnc(N2CC(Cl)CC2=O)c(Br)c1. The number of nitriles is 1. The lowest BCUT2D eigenvalue weighted by Gasteiger charge is -2.15. The van der Waals surface area contributed by atoms with Crippen molar-refractivity contribution in [1.29, 1.82) is 5.26 Å². The average molecular weight is 301 g/mol. The standard InChI is InChI=1S/C10H7BrClN3O/c11-8-1-6(3-13)4-14-10(8)15-5-7(12)2-9(15)16/h1,4,7H,2,5H2. The van der Waals surface area contributed by atoms with Gasteiger partial charge in [0.15, 0.2) is 0 Å². The van der Waals surface area contributed by atoms with Gasteiger partial charge in [-0.25, -0.2) is 4.98 Å². The minimum atomic E-state index is -0.170. The molecule has 0 saturated carbocycles. The van der Waals surface area contributed by atoms with Gasteiger partial charge in [0.05, 0.1) is 15.4 Å². The summed E-state index contributed by atoms with van der Waals surface area (Å²) in [4.78, 5) is 17.2. The molecule has 2 heterocycles. The fourth-order valence-electron chi connectivity index (χ4n) is 1.56. The van der Waals surface area contributed by atoms with E-state index in [-0.39, 0.29) is 11.3 Å². The lowest BCUT2D eigenvalue weighted by atomic mass is 10.3. The number of hydrogen-bond acceptors (Lipinski definition) is 3. The third-order valence-corrected chi connectivity index (χ3v) is 3.16. The van der Waals surface area contributed by atoms with Crippen LogP contribution in [0.4, 0.5) is 5.82 Å². The molecule has 0 bridgehead atoms. The zero-order valence-electron chi connectivity index (χ0n) is 8.15. The van der Waals surface area contributed by atoms with Crippen LogP contribution in [0.25, 0.3) is 0 Å². The highest BCUT2D eigenvalue weighted by Gasteiger charge is 2.31. The van der Waals surface area contributed by atoms with E-state index in [0.717, 1.165) is 0 Å². The lowest BCUT2D eigenvalue weighted by molar-refractivity contribution is -0.117. The van der Waals surface area contributed by atoms with Gasteiger partial charge in [0.2, 0.25) is 5.91 Å². The highest BCUT2D eigenvalue weighted by Crippen LogP contribution is 2.29. The van der Waals surface area contributed by atoms with Gasteiger partial charge in [-0.3, -0.25) is 9.69 Å². The summed E-state index contributed by atoms with van der Waals surface area (Å²) in [6.45, 7) is 0.456. The molecular weight excluding hydrogens is 293 g/mol. The molecule has 1 amide bonds. The van der Waals surface area contributed by atoms with Crippen LogP contribution >= 0.6 is 27.5 Å². The van der Waals surface area contributed by atoms with E-state index in [9.17, 15) is 4.79 Å². The number of carbonyl (C=O) groups excluding carboxylic acids is 1. The number of hydrogen-bond donors (Lipinski definition) is 0. The van der Waals surface area contributed by atoms with E-state index in [1.165, 1.54) is 11.1 Å². The Kier molecular flexibility index (Phi) is 3.13. The highest BCUT2D eigenvalue weighted by atomic mass is 79.9. The first kappa shape index (κ1) is 11.4. The molecule has 6 heteroatoms. The molecule has 16 heavy (non-hydrogen) atoms. The first-order valence-electron chi connectivity index (χ1n) is 4.62. The smallest absolute Gasteiger partial charge is 0.229 e. The molecule has 0 radical (unpaired) electrons. The van der Waals surface area contributed by atoms with Crippen molar-refractivity contribution in [2.24, 2.45) is 0 Å². The zero-order valence-corrected chi connectivity index (χ0v) is 10.5.